The second kappa shape index (κ2) is 8.03. The third-order valence-corrected chi connectivity index (χ3v) is 1.42. The lowest BCUT2D eigenvalue weighted by Crippen LogP contribution is -2.43. The Morgan fingerprint density at radius 1 is 1.08 bits per heavy atom. The van der Waals surface area contributed by atoms with Gasteiger partial charge >= 0.3 is 6.03 Å². The van der Waals surface area contributed by atoms with Crippen molar-refractivity contribution < 1.29 is 4.79 Å². The molecule has 0 aromatic carbocycles. The van der Waals surface area contributed by atoms with Crippen LogP contribution in [0.15, 0.2) is 12.2 Å². The number of carbonyl (C=O) groups is 1. The van der Waals surface area contributed by atoms with E-state index in [9.17, 15) is 4.79 Å². The minimum atomic E-state index is -0.602. The lowest BCUT2D eigenvalue weighted by molar-refractivity contribution is 0.241. The highest BCUT2D eigenvalue weighted by atomic mass is 16.2. The van der Waals surface area contributed by atoms with Gasteiger partial charge in [-0.05, 0) is 25.7 Å². The monoisotopic (exact) mass is 172 g/mol. The molecule has 0 aliphatic heterocycles. The van der Waals surface area contributed by atoms with Crippen molar-refractivity contribution >= 4 is 6.03 Å². The fourth-order valence-corrected chi connectivity index (χ4v) is 0.802. The van der Waals surface area contributed by atoms with Crippen molar-refractivity contribution in [3.8, 4) is 0 Å². The van der Waals surface area contributed by atoms with Crippen molar-refractivity contribution in [1.82, 2.24) is 10.9 Å². The van der Waals surface area contributed by atoms with Gasteiger partial charge in [-0.3, -0.25) is 10.9 Å². The van der Waals surface area contributed by atoms with Crippen LogP contribution in [0.5, 0.6) is 0 Å². The van der Waals surface area contributed by atoms with Crippen LogP contribution in [0.4, 0.5) is 4.79 Å². The maximum atomic E-state index is 9.71. The first-order valence-corrected chi connectivity index (χ1v) is 3.93. The molecule has 0 fully saturated rings. The van der Waals surface area contributed by atoms with E-state index in [1.165, 1.54) is 25.7 Å². The lowest BCUT2D eigenvalue weighted by atomic mass is 10.1. The van der Waals surface area contributed by atoms with Gasteiger partial charge in [-0.15, -0.1) is 0 Å². The molecule has 0 unspecified atom stereocenters. The average Bonchev–Trinajstić information content (AvgIpc) is 2.20. The van der Waals surface area contributed by atoms with E-state index >= 15 is 0 Å². The molecule has 0 saturated heterocycles. The Balaban J connectivity index is 0.000000202. The summed E-state index contributed by atoms with van der Waals surface area (Å²) in [6, 6.07) is -0.602. The van der Waals surface area contributed by atoms with Crippen LogP contribution < -0.4 is 22.5 Å². The largest absolute Gasteiger partial charge is 0.343 e. The van der Waals surface area contributed by atoms with Crippen LogP contribution in [-0.4, -0.2) is 6.03 Å². The van der Waals surface area contributed by atoms with Crippen molar-refractivity contribution in [3.05, 3.63) is 12.2 Å². The molecule has 1 rings (SSSR count). The van der Waals surface area contributed by atoms with Crippen molar-refractivity contribution in [2.75, 3.05) is 0 Å². The van der Waals surface area contributed by atoms with E-state index < -0.39 is 6.03 Å². The van der Waals surface area contributed by atoms with Gasteiger partial charge in [-0.25, -0.2) is 16.5 Å². The highest BCUT2D eigenvalue weighted by Gasteiger charge is 1.87. The van der Waals surface area contributed by atoms with Crippen LogP contribution in [0.2, 0.25) is 0 Å². The molecule has 1 aliphatic carbocycles. The number of hydrogen-bond donors (Lipinski definition) is 4. The first-order valence-electron chi connectivity index (χ1n) is 3.93. The van der Waals surface area contributed by atoms with E-state index in [4.69, 9.17) is 0 Å². The Labute approximate surface area is 72.1 Å². The molecule has 0 spiro atoms. The minimum absolute atomic E-state index is 0.602. The van der Waals surface area contributed by atoms with Gasteiger partial charge in [-0.2, -0.15) is 0 Å². The molecule has 12 heavy (non-hydrogen) atoms. The SMILES string of the molecule is C1=CCCCC1.NNC(=O)NN. The number of allylic oxidation sites excluding steroid dienone is 2. The summed E-state index contributed by atoms with van der Waals surface area (Å²) in [6.07, 6.45) is 10.0. The van der Waals surface area contributed by atoms with Gasteiger partial charge < -0.3 is 0 Å². The van der Waals surface area contributed by atoms with Crippen LogP contribution in [-0.2, 0) is 0 Å². The molecule has 0 atom stereocenters. The Morgan fingerprint density at radius 2 is 1.50 bits per heavy atom. The molecule has 0 aromatic rings. The summed E-state index contributed by atoms with van der Waals surface area (Å²) in [7, 11) is 0. The first-order chi connectivity index (χ1) is 5.81. The standard InChI is InChI=1S/C6H10.CH6N4O/c1-2-4-6-5-3-1;2-4-1(6)5-3/h1-2H,3-6H2;2-3H2,(H2,4,5,6). The highest BCUT2D eigenvalue weighted by molar-refractivity contribution is 5.72. The molecule has 5 nitrogen and oxygen atoms in total. The van der Waals surface area contributed by atoms with Crippen LogP contribution in [0.3, 0.4) is 0 Å². The molecule has 2 amide bonds. The van der Waals surface area contributed by atoms with Crippen molar-refractivity contribution in [2.24, 2.45) is 11.7 Å². The maximum Gasteiger partial charge on any atom is 0.343 e. The first kappa shape index (κ1) is 10.9. The molecule has 0 heterocycles. The van der Waals surface area contributed by atoms with Gasteiger partial charge in [0.05, 0.1) is 0 Å². The fraction of sp³-hybridized carbons (Fsp3) is 0.571. The topological polar surface area (TPSA) is 93.2 Å². The van der Waals surface area contributed by atoms with Crippen molar-refractivity contribution in [3.63, 3.8) is 0 Å². The summed E-state index contributed by atoms with van der Waals surface area (Å²) in [5.74, 6) is 9.08. The number of nitrogens with one attached hydrogen (secondary N) is 2. The summed E-state index contributed by atoms with van der Waals surface area (Å²) in [6.45, 7) is 0. The number of hydrogen-bond acceptors (Lipinski definition) is 3. The molecule has 1 aliphatic rings. The minimum Gasteiger partial charge on any atom is -0.275 e. The zero-order chi connectivity index (χ0) is 9.23. The van der Waals surface area contributed by atoms with Crippen LogP contribution in [0.25, 0.3) is 0 Å². The number of rotatable bonds is 0. The zero-order valence-electron chi connectivity index (χ0n) is 7.05. The van der Waals surface area contributed by atoms with Crippen LogP contribution in [0.1, 0.15) is 25.7 Å². The van der Waals surface area contributed by atoms with E-state index in [1.54, 1.807) is 10.9 Å². The average molecular weight is 172 g/mol. The van der Waals surface area contributed by atoms with E-state index in [-0.39, 0.29) is 0 Å². The van der Waals surface area contributed by atoms with E-state index in [1.807, 2.05) is 0 Å². The zero-order valence-corrected chi connectivity index (χ0v) is 7.05. The molecule has 0 radical (unpaired) electrons. The number of urea groups is 1. The van der Waals surface area contributed by atoms with Gasteiger partial charge in [0.1, 0.15) is 0 Å². The summed E-state index contributed by atoms with van der Waals surface area (Å²) < 4.78 is 0. The third-order valence-electron chi connectivity index (χ3n) is 1.42. The summed E-state index contributed by atoms with van der Waals surface area (Å²) in [5, 5.41) is 0. The Kier molecular flexibility index (Phi) is 7.31. The normalized spacial score (nSPS) is 14.2. The maximum absolute atomic E-state index is 9.71. The molecule has 0 saturated carbocycles. The number of nitrogens with two attached hydrogens (primary N) is 2. The molecule has 6 N–H and O–H groups in total. The summed E-state index contributed by atoms with van der Waals surface area (Å²) in [5.41, 5.74) is 3.48. The van der Waals surface area contributed by atoms with E-state index in [2.05, 4.69) is 23.8 Å². The van der Waals surface area contributed by atoms with E-state index in [0.717, 1.165) is 0 Å². The second-order valence-corrected chi connectivity index (χ2v) is 2.37. The molecular formula is C7H16N4O. The van der Waals surface area contributed by atoms with Gasteiger partial charge in [-0.1, -0.05) is 12.2 Å². The second-order valence-electron chi connectivity index (χ2n) is 2.37. The van der Waals surface area contributed by atoms with Gasteiger partial charge in [0.15, 0.2) is 0 Å². The highest BCUT2D eigenvalue weighted by Crippen LogP contribution is 2.07. The molecule has 5 heteroatoms. The van der Waals surface area contributed by atoms with E-state index in [0.29, 0.717) is 0 Å². The molecule has 0 bridgehead atoms. The lowest BCUT2D eigenvalue weighted by Gasteiger charge is -1.97. The molecule has 70 valence electrons. The number of hydrazine groups is 2. The van der Waals surface area contributed by atoms with Crippen molar-refractivity contribution in [2.45, 2.75) is 25.7 Å². The Bertz CT molecular complexity index is 132. The van der Waals surface area contributed by atoms with Gasteiger partial charge in [0, 0.05) is 0 Å². The molecule has 0 aromatic heterocycles. The van der Waals surface area contributed by atoms with Crippen LogP contribution in [0, 0.1) is 0 Å². The summed E-state index contributed by atoms with van der Waals surface area (Å²) in [4.78, 5) is 9.71. The van der Waals surface area contributed by atoms with Crippen LogP contribution >= 0.6 is 0 Å². The third kappa shape index (κ3) is 7.04. The Hall–Kier alpha value is -1.07. The Morgan fingerprint density at radius 3 is 1.58 bits per heavy atom. The smallest absolute Gasteiger partial charge is 0.275 e. The number of amides is 2. The quantitative estimate of drug-likeness (QED) is 0.181. The predicted molar refractivity (Wildman–Crippen MR) is 47.7 cm³/mol. The summed E-state index contributed by atoms with van der Waals surface area (Å²) >= 11 is 0. The number of carbonyl (C=O) groups excluding carboxylic acids is 1. The fourth-order valence-electron chi connectivity index (χ4n) is 0.802. The van der Waals surface area contributed by atoms with Crippen molar-refractivity contribution in [1.29, 1.82) is 0 Å². The van der Waals surface area contributed by atoms with Gasteiger partial charge in [0.25, 0.3) is 0 Å². The molecular weight excluding hydrogens is 156 g/mol. The van der Waals surface area contributed by atoms with Gasteiger partial charge in [0.2, 0.25) is 0 Å². The predicted octanol–water partition coefficient (Wildman–Crippen LogP) is 0.150.